The highest BCUT2D eigenvalue weighted by molar-refractivity contribution is 6.05. The maximum absolute atomic E-state index is 15.0. The number of carbonyl (C=O) groups is 4. The molecule has 52 heavy (non-hydrogen) atoms. The monoisotopic (exact) mass is 715 g/mol. The summed E-state index contributed by atoms with van der Waals surface area (Å²) >= 11 is 0. The summed E-state index contributed by atoms with van der Waals surface area (Å²) < 4.78 is 18.4. The van der Waals surface area contributed by atoms with Gasteiger partial charge < -0.3 is 34.0 Å². The fourth-order valence-electron chi connectivity index (χ4n) is 8.29. The topological polar surface area (TPSA) is 126 Å². The van der Waals surface area contributed by atoms with Crippen molar-refractivity contribution in [1.29, 1.82) is 0 Å². The number of hydrogen-bond acceptors (Lipinski definition) is 8. The summed E-state index contributed by atoms with van der Waals surface area (Å²) in [6.45, 7) is 13.1. The predicted octanol–water partition coefficient (Wildman–Crippen LogP) is 5.09. The molecule has 11 heteroatoms. The molecule has 3 fully saturated rings. The van der Waals surface area contributed by atoms with Crippen LogP contribution in [-0.2, 0) is 28.7 Å². The van der Waals surface area contributed by atoms with E-state index in [9.17, 15) is 24.3 Å². The van der Waals surface area contributed by atoms with E-state index in [1.807, 2.05) is 51.1 Å². The third kappa shape index (κ3) is 7.00. The zero-order valence-electron chi connectivity index (χ0n) is 31.0. The maximum atomic E-state index is 15.0. The highest BCUT2D eigenvalue weighted by atomic mass is 16.6. The molecule has 2 aromatic carbocycles. The summed E-state index contributed by atoms with van der Waals surface area (Å²) in [6.07, 6.45) is 4.08. The zero-order chi connectivity index (χ0) is 37.7. The molecule has 280 valence electrons. The van der Waals surface area contributed by atoms with Crippen LogP contribution in [0.5, 0.6) is 5.75 Å². The van der Waals surface area contributed by atoms with Crippen LogP contribution in [0.15, 0.2) is 79.9 Å². The molecule has 3 aliphatic rings. The lowest BCUT2D eigenvalue weighted by Crippen LogP contribution is -2.60. The Labute approximate surface area is 307 Å². The summed E-state index contributed by atoms with van der Waals surface area (Å²) in [7, 11) is 3.25. The molecule has 3 saturated heterocycles. The van der Waals surface area contributed by atoms with Crippen LogP contribution in [0.2, 0.25) is 0 Å². The van der Waals surface area contributed by atoms with E-state index < -0.39 is 59.6 Å². The van der Waals surface area contributed by atoms with E-state index >= 15 is 0 Å². The van der Waals surface area contributed by atoms with Crippen LogP contribution >= 0.6 is 0 Å². The molecule has 0 aliphatic carbocycles. The lowest BCUT2D eigenvalue weighted by molar-refractivity contribution is -0.165. The average molecular weight is 716 g/mol. The van der Waals surface area contributed by atoms with Gasteiger partial charge in [-0.05, 0) is 61.9 Å². The van der Waals surface area contributed by atoms with Gasteiger partial charge in [0.2, 0.25) is 11.8 Å². The molecule has 9 atom stereocenters. The third-order valence-corrected chi connectivity index (χ3v) is 11.4. The van der Waals surface area contributed by atoms with E-state index in [2.05, 4.69) is 13.2 Å². The minimum Gasteiger partial charge on any atom is -0.497 e. The first-order valence-corrected chi connectivity index (χ1v) is 18.3. The SMILES string of the molecule is C=CCCC(=O)N(C)[C@@H](C)[C@@H](OC(=O)[C@@H]1[C@H]2C(=O)N([C@@H](CO)[C@@H](C)CC)[C@H](C(=O)N(CC=C)c3ccc(OC)cc3)[C@]23CC[C@H]1O3)c1ccccc1. The molecule has 0 aromatic heterocycles. The van der Waals surface area contributed by atoms with Crippen LogP contribution in [0, 0.1) is 17.8 Å². The summed E-state index contributed by atoms with van der Waals surface area (Å²) in [5.41, 5.74) is -0.0350. The van der Waals surface area contributed by atoms with E-state index in [0.29, 0.717) is 42.7 Å². The van der Waals surface area contributed by atoms with E-state index in [4.69, 9.17) is 14.2 Å². The van der Waals surface area contributed by atoms with Crippen LogP contribution < -0.4 is 9.64 Å². The van der Waals surface area contributed by atoms with Gasteiger partial charge in [0.05, 0.1) is 43.7 Å². The predicted molar refractivity (Wildman–Crippen MR) is 197 cm³/mol. The number of amides is 3. The number of esters is 1. The van der Waals surface area contributed by atoms with Gasteiger partial charge in [0.15, 0.2) is 0 Å². The number of ether oxygens (including phenoxy) is 3. The van der Waals surface area contributed by atoms with Crippen LogP contribution in [0.3, 0.4) is 0 Å². The Kier molecular flexibility index (Phi) is 12.3. The molecule has 1 N–H and O–H groups in total. The van der Waals surface area contributed by atoms with Gasteiger partial charge in [-0.15, -0.1) is 13.2 Å². The van der Waals surface area contributed by atoms with Crippen LogP contribution in [0.4, 0.5) is 5.69 Å². The van der Waals surface area contributed by atoms with Crippen molar-refractivity contribution in [2.45, 2.75) is 88.8 Å². The molecule has 5 rings (SSSR count). The van der Waals surface area contributed by atoms with Crippen molar-refractivity contribution in [1.82, 2.24) is 9.80 Å². The number of aliphatic hydroxyl groups is 1. The van der Waals surface area contributed by atoms with E-state index in [-0.39, 0.29) is 37.3 Å². The molecule has 2 bridgehead atoms. The Morgan fingerprint density at radius 2 is 1.79 bits per heavy atom. The minimum atomic E-state index is -1.32. The molecule has 1 spiro atoms. The van der Waals surface area contributed by atoms with E-state index in [0.717, 1.165) is 0 Å². The average Bonchev–Trinajstić information content (AvgIpc) is 3.82. The van der Waals surface area contributed by atoms with Gasteiger partial charge >= 0.3 is 5.97 Å². The number of fused-ring (bicyclic) bond motifs is 1. The van der Waals surface area contributed by atoms with Crippen LogP contribution in [-0.4, -0.2) is 95.7 Å². The number of carbonyl (C=O) groups excluding carboxylic acids is 4. The normalized spacial score (nSPS) is 25.4. The Bertz CT molecular complexity index is 1620. The maximum Gasteiger partial charge on any atom is 0.313 e. The number of aliphatic hydroxyl groups excluding tert-OH is 1. The van der Waals surface area contributed by atoms with Crippen molar-refractivity contribution in [3.05, 3.63) is 85.5 Å². The lowest BCUT2D eigenvalue weighted by Gasteiger charge is -2.40. The van der Waals surface area contributed by atoms with Gasteiger partial charge in [0, 0.05) is 25.7 Å². The molecule has 3 aliphatic heterocycles. The lowest BCUT2D eigenvalue weighted by atomic mass is 9.70. The third-order valence-electron chi connectivity index (χ3n) is 11.4. The standard InChI is InChI=1S/C41H53N3O8/c1-8-11-17-33(46)42(6)27(5)36(28-15-13-12-14-16-28)51-40(49)34-32-22-23-41(52-32)35(34)38(47)44(31(25-45)26(4)10-3)37(41)39(48)43(24-9-2)29-18-20-30(50-7)21-19-29/h8-9,12-16,18-21,26-27,31-32,34-37,45H,1-2,10-11,17,22-25H2,3-7H3/t26-,27-,31-,32+,34-,35-,36+,37+,41-/m0/s1. The molecule has 0 unspecified atom stereocenters. The van der Waals surface area contributed by atoms with Crippen molar-refractivity contribution in [3.63, 3.8) is 0 Å². The number of likely N-dealkylation sites (N-methyl/N-ethyl adjacent to an activating group) is 1. The molecule has 0 saturated carbocycles. The molecular formula is C41H53N3O8. The molecular weight excluding hydrogens is 662 g/mol. The number of allylic oxidation sites excluding steroid dienone is 1. The second-order valence-electron chi connectivity index (χ2n) is 14.2. The van der Waals surface area contributed by atoms with Gasteiger partial charge in [-0.25, -0.2) is 0 Å². The fraction of sp³-hybridized carbons (Fsp3) is 0.512. The van der Waals surface area contributed by atoms with Crippen molar-refractivity contribution in [2.75, 3.05) is 32.2 Å². The molecule has 11 nitrogen and oxygen atoms in total. The first-order valence-electron chi connectivity index (χ1n) is 18.3. The first kappa shape index (κ1) is 38.7. The number of benzene rings is 2. The first-order chi connectivity index (χ1) is 25.0. The number of hydrogen-bond donors (Lipinski definition) is 1. The Morgan fingerprint density at radius 3 is 2.38 bits per heavy atom. The Hall–Kier alpha value is -4.48. The molecule has 2 aromatic rings. The van der Waals surface area contributed by atoms with Gasteiger partial charge in [-0.3, -0.25) is 19.2 Å². The smallest absolute Gasteiger partial charge is 0.313 e. The van der Waals surface area contributed by atoms with Gasteiger partial charge in [0.25, 0.3) is 5.91 Å². The van der Waals surface area contributed by atoms with Crippen molar-refractivity contribution in [2.24, 2.45) is 17.8 Å². The molecule has 0 radical (unpaired) electrons. The quantitative estimate of drug-likeness (QED) is 0.177. The Morgan fingerprint density at radius 1 is 1.10 bits per heavy atom. The number of methoxy groups -OCH3 is 1. The van der Waals surface area contributed by atoms with Crippen LogP contribution in [0.25, 0.3) is 0 Å². The summed E-state index contributed by atoms with van der Waals surface area (Å²) in [4.78, 5) is 62.1. The number of likely N-dealkylation sites (tertiary alicyclic amines) is 1. The Balaban J connectivity index is 1.54. The second kappa shape index (κ2) is 16.5. The highest BCUT2D eigenvalue weighted by Gasteiger charge is 2.76. The van der Waals surface area contributed by atoms with Crippen molar-refractivity contribution in [3.8, 4) is 5.75 Å². The summed E-state index contributed by atoms with van der Waals surface area (Å²) in [5.74, 6) is -3.06. The van der Waals surface area contributed by atoms with Crippen LogP contribution in [0.1, 0.15) is 64.5 Å². The minimum absolute atomic E-state index is 0.115. The summed E-state index contributed by atoms with van der Waals surface area (Å²) in [5, 5.41) is 10.8. The summed E-state index contributed by atoms with van der Waals surface area (Å²) in [6, 6.07) is 13.9. The largest absolute Gasteiger partial charge is 0.497 e. The van der Waals surface area contributed by atoms with E-state index in [1.165, 1.54) is 4.90 Å². The van der Waals surface area contributed by atoms with Gasteiger partial charge in [-0.1, -0.05) is 62.8 Å². The van der Waals surface area contributed by atoms with E-state index in [1.54, 1.807) is 60.4 Å². The zero-order valence-corrected chi connectivity index (χ0v) is 31.0. The van der Waals surface area contributed by atoms with Crippen molar-refractivity contribution >= 4 is 29.4 Å². The molecule has 3 amide bonds. The number of nitrogens with zero attached hydrogens (tertiary/aromatic N) is 3. The van der Waals surface area contributed by atoms with Gasteiger partial charge in [-0.2, -0.15) is 0 Å². The highest BCUT2D eigenvalue weighted by Crippen LogP contribution is 2.60. The number of anilines is 1. The number of rotatable bonds is 17. The second-order valence-corrected chi connectivity index (χ2v) is 14.2. The van der Waals surface area contributed by atoms with Gasteiger partial charge in [0.1, 0.15) is 23.5 Å². The fourth-order valence-corrected chi connectivity index (χ4v) is 8.29. The van der Waals surface area contributed by atoms with Crippen molar-refractivity contribution < 1.29 is 38.5 Å². The molecule has 3 heterocycles.